The van der Waals surface area contributed by atoms with E-state index in [-0.39, 0.29) is 22.7 Å². The number of benzene rings is 2. The predicted octanol–water partition coefficient (Wildman–Crippen LogP) is 2.49. The average molecular weight is 407 g/mol. The summed E-state index contributed by atoms with van der Waals surface area (Å²) in [7, 11) is -0.806. The van der Waals surface area contributed by atoms with Crippen LogP contribution in [0.4, 0.5) is 8.78 Å². The Bertz CT molecular complexity index is 1110. The minimum absolute atomic E-state index is 0.0234. The van der Waals surface area contributed by atoms with E-state index < -0.39 is 15.9 Å². The van der Waals surface area contributed by atoms with Gasteiger partial charge in [-0.3, -0.25) is 0 Å². The van der Waals surface area contributed by atoms with Gasteiger partial charge in [0, 0.05) is 18.1 Å². The van der Waals surface area contributed by atoms with E-state index >= 15 is 0 Å². The number of nitrogens with one attached hydrogen (secondary N) is 1. The van der Waals surface area contributed by atoms with Crippen LogP contribution in [-0.2, 0) is 29.4 Å². The van der Waals surface area contributed by atoms with E-state index in [1.807, 2.05) is 0 Å². The number of nitrogens with zero attached hydrogens (tertiary/aromatic N) is 4. The van der Waals surface area contributed by atoms with Crippen molar-refractivity contribution in [3.8, 4) is 11.4 Å². The van der Waals surface area contributed by atoms with E-state index in [0.29, 0.717) is 16.7 Å². The minimum atomic E-state index is -3.70. The molecule has 0 amide bonds. The number of hydrogen-bond donors (Lipinski definition) is 1. The van der Waals surface area contributed by atoms with Crippen LogP contribution in [0.2, 0.25) is 0 Å². The molecule has 0 fully saturated rings. The van der Waals surface area contributed by atoms with E-state index in [2.05, 4.69) is 20.1 Å². The van der Waals surface area contributed by atoms with Gasteiger partial charge in [0.15, 0.2) is 0 Å². The molecule has 0 aliphatic rings. The molecule has 0 unspecified atom stereocenters. The number of tetrazole rings is 1. The normalized spacial score (nSPS) is 12.3. The summed E-state index contributed by atoms with van der Waals surface area (Å²) < 4.78 is 54.6. The lowest BCUT2D eigenvalue weighted by Gasteiger charge is -2.17. The predicted molar refractivity (Wildman–Crippen MR) is 99.3 cm³/mol. The van der Waals surface area contributed by atoms with Gasteiger partial charge in [0.2, 0.25) is 15.8 Å². The molecule has 3 rings (SSSR count). The summed E-state index contributed by atoms with van der Waals surface area (Å²) in [5.74, 6) is -2.79. The maximum atomic E-state index is 14.0. The Hall–Kier alpha value is -2.72. The third kappa shape index (κ3) is 4.07. The lowest BCUT2D eigenvalue weighted by Crippen LogP contribution is -2.18. The topological polar surface area (TPSA) is 89.8 Å². The van der Waals surface area contributed by atoms with Gasteiger partial charge >= 0.3 is 0 Å². The number of aryl methyl sites for hydroxylation is 1. The molecule has 7 nitrogen and oxygen atoms in total. The standard InChI is InChI=1S/C18H19F2N5O2S/c1-18(19,20)16-7-5-4-6-13(16)10-12-8-9-14(28(26,27)21-2)11-15(12)17-22-24-25(3)23-17/h4-9,11,21H,10H2,1-3H3. The Morgan fingerprint density at radius 3 is 2.46 bits per heavy atom. The number of halogens is 2. The fourth-order valence-corrected chi connectivity index (χ4v) is 3.66. The molecule has 1 aromatic heterocycles. The molecule has 3 aromatic rings. The summed E-state index contributed by atoms with van der Waals surface area (Å²) >= 11 is 0. The van der Waals surface area contributed by atoms with Gasteiger partial charge in [-0.25, -0.2) is 21.9 Å². The number of sulfonamides is 1. The smallest absolute Gasteiger partial charge is 0.214 e. The maximum Gasteiger partial charge on any atom is 0.270 e. The van der Waals surface area contributed by atoms with Crippen molar-refractivity contribution in [3.05, 3.63) is 59.2 Å². The zero-order valence-corrected chi connectivity index (χ0v) is 16.3. The SMILES string of the molecule is CNS(=O)(=O)c1ccc(Cc2ccccc2C(C)(F)F)c(-c2nnn(C)n2)c1. The first kappa shape index (κ1) is 20.0. The first-order valence-electron chi connectivity index (χ1n) is 8.39. The van der Waals surface area contributed by atoms with Crippen LogP contribution in [0.1, 0.15) is 23.6 Å². The molecule has 0 aliphatic heterocycles. The molecule has 0 saturated heterocycles. The molecule has 2 aromatic carbocycles. The monoisotopic (exact) mass is 407 g/mol. The highest BCUT2D eigenvalue weighted by molar-refractivity contribution is 7.89. The fraction of sp³-hybridized carbons (Fsp3) is 0.278. The first-order chi connectivity index (χ1) is 13.1. The third-order valence-electron chi connectivity index (χ3n) is 4.28. The third-order valence-corrected chi connectivity index (χ3v) is 5.69. The highest BCUT2D eigenvalue weighted by atomic mass is 32.2. The lowest BCUT2D eigenvalue weighted by molar-refractivity contribution is 0.0166. The number of hydrogen-bond acceptors (Lipinski definition) is 5. The Morgan fingerprint density at radius 1 is 1.14 bits per heavy atom. The zero-order valence-electron chi connectivity index (χ0n) is 15.5. The summed E-state index contributed by atoms with van der Waals surface area (Å²) in [6.07, 6.45) is 0.160. The van der Waals surface area contributed by atoms with Crippen molar-refractivity contribution >= 4 is 10.0 Å². The van der Waals surface area contributed by atoms with E-state index in [9.17, 15) is 17.2 Å². The highest BCUT2D eigenvalue weighted by Gasteiger charge is 2.27. The summed E-state index contributed by atoms with van der Waals surface area (Å²) in [6.45, 7) is 0.847. The van der Waals surface area contributed by atoms with Crippen molar-refractivity contribution in [2.45, 2.75) is 24.2 Å². The molecular weight excluding hydrogens is 388 g/mol. The minimum Gasteiger partial charge on any atom is -0.214 e. The molecule has 0 saturated carbocycles. The van der Waals surface area contributed by atoms with Crippen LogP contribution in [-0.4, -0.2) is 35.7 Å². The van der Waals surface area contributed by atoms with Gasteiger partial charge in [-0.15, -0.1) is 10.2 Å². The molecule has 1 heterocycles. The van der Waals surface area contributed by atoms with Crippen LogP contribution in [0.5, 0.6) is 0 Å². The molecule has 0 atom stereocenters. The second-order valence-corrected chi connectivity index (χ2v) is 8.24. The lowest BCUT2D eigenvalue weighted by atomic mass is 9.94. The van der Waals surface area contributed by atoms with E-state index in [1.165, 1.54) is 30.0 Å². The first-order valence-corrected chi connectivity index (χ1v) is 9.87. The highest BCUT2D eigenvalue weighted by Crippen LogP contribution is 2.33. The van der Waals surface area contributed by atoms with Gasteiger partial charge < -0.3 is 0 Å². The van der Waals surface area contributed by atoms with Crippen molar-refractivity contribution in [3.63, 3.8) is 0 Å². The van der Waals surface area contributed by atoms with Crippen LogP contribution in [0.15, 0.2) is 47.4 Å². The van der Waals surface area contributed by atoms with Gasteiger partial charge in [-0.2, -0.15) is 4.80 Å². The molecule has 1 N–H and O–H groups in total. The number of alkyl halides is 2. The molecule has 28 heavy (non-hydrogen) atoms. The van der Waals surface area contributed by atoms with Gasteiger partial charge in [-0.1, -0.05) is 30.3 Å². The molecule has 0 spiro atoms. The molecule has 10 heteroatoms. The van der Waals surface area contributed by atoms with Crippen LogP contribution >= 0.6 is 0 Å². The van der Waals surface area contributed by atoms with Crippen LogP contribution in [0.3, 0.4) is 0 Å². The number of aromatic nitrogens is 4. The van der Waals surface area contributed by atoms with Crippen molar-refractivity contribution in [2.24, 2.45) is 7.05 Å². The summed E-state index contributed by atoms with van der Waals surface area (Å²) in [6, 6.07) is 10.7. The molecular formula is C18H19F2N5O2S. The second kappa shape index (κ2) is 7.36. The van der Waals surface area contributed by atoms with E-state index in [4.69, 9.17) is 0 Å². The summed E-state index contributed by atoms with van der Waals surface area (Å²) in [5.41, 5.74) is 1.38. The fourth-order valence-electron chi connectivity index (χ4n) is 2.90. The van der Waals surface area contributed by atoms with Crippen molar-refractivity contribution in [1.29, 1.82) is 0 Å². The Kier molecular flexibility index (Phi) is 5.26. The van der Waals surface area contributed by atoms with Crippen molar-refractivity contribution in [2.75, 3.05) is 7.05 Å². The van der Waals surface area contributed by atoms with Crippen LogP contribution in [0, 0.1) is 0 Å². The quantitative estimate of drug-likeness (QED) is 0.678. The maximum absolute atomic E-state index is 14.0. The second-order valence-electron chi connectivity index (χ2n) is 6.35. The van der Waals surface area contributed by atoms with E-state index in [1.54, 1.807) is 31.3 Å². The van der Waals surface area contributed by atoms with Crippen molar-refractivity contribution in [1.82, 2.24) is 24.9 Å². The average Bonchev–Trinajstić information content (AvgIpc) is 3.07. The van der Waals surface area contributed by atoms with Gasteiger partial charge in [-0.05, 0) is 41.9 Å². The largest absolute Gasteiger partial charge is 0.270 e. The summed E-state index contributed by atoms with van der Waals surface area (Å²) in [5, 5.41) is 11.9. The Balaban J connectivity index is 2.14. The van der Waals surface area contributed by atoms with Gasteiger partial charge in [0.25, 0.3) is 5.92 Å². The molecule has 148 valence electrons. The molecule has 0 bridgehead atoms. The van der Waals surface area contributed by atoms with Gasteiger partial charge in [0.05, 0.1) is 11.9 Å². The molecule has 0 aliphatic carbocycles. The number of rotatable bonds is 6. The summed E-state index contributed by atoms with van der Waals surface area (Å²) in [4.78, 5) is 1.27. The van der Waals surface area contributed by atoms with Crippen LogP contribution < -0.4 is 4.72 Å². The zero-order chi connectivity index (χ0) is 20.5. The van der Waals surface area contributed by atoms with Crippen LogP contribution in [0.25, 0.3) is 11.4 Å². The van der Waals surface area contributed by atoms with E-state index in [0.717, 1.165) is 6.92 Å². The Morgan fingerprint density at radius 2 is 1.86 bits per heavy atom. The Labute approximate surface area is 161 Å². The molecule has 0 radical (unpaired) electrons. The van der Waals surface area contributed by atoms with Gasteiger partial charge in [0.1, 0.15) is 0 Å². The van der Waals surface area contributed by atoms with Crippen molar-refractivity contribution < 1.29 is 17.2 Å².